The second kappa shape index (κ2) is 4.78. The van der Waals surface area contributed by atoms with Crippen molar-refractivity contribution in [2.45, 2.75) is 19.3 Å². The maximum atomic E-state index is 12.3. The Morgan fingerprint density at radius 2 is 1.88 bits per heavy atom. The maximum absolute atomic E-state index is 12.3. The Bertz CT molecular complexity index is 366. The highest BCUT2D eigenvalue weighted by molar-refractivity contribution is 5.45. The van der Waals surface area contributed by atoms with E-state index < -0.39 is 6.43 Å². The summed E-state index contributed by atoms with van der Waals surface area (Å²) in [6.45, 7) is 1.28. The monoisotopic (exact) mass is 226 g/mol. The van der Waals surface area contributed by atoms with Crippen molar-refractivity contribution in [3.63, 3.8) is 0 Å². The first-order chi connectivity index (χ1) is 7.65. The molecule has 0 atom stereocenters. The number of nitrogens with two attached hydrogens (primary N) is 1. The molecule has 0 saturated heterocycles. The minimum absolute atomic E-state index is 0.122. The quantitative estimate of drug-likeness (QED) is 0.781. The highest BCUT2D eigenvalue weighted by Gasteiger charge is 2.16. The smallest absolute Gasteiger partial charge is 0.251 e. The first kappa shape index (κ1) is 11.3. The van der Waals surface area contributed by atoms with Crippen LogP contribution < -0.4 is 5.73 Å². The van der Waals surface area contributed by atoms with Gasteiger partial charge in [0, 0.05) is 18.8 Å². The summed E-state index contributed by atoms with van der Waals surface area (Å²) < 4.78 is 24.6. The molecule has 0 aromatic heterocycles. The van der Waals surface area contributed by atoms with Crippen LogP contribution in [0.3, 0.4) is 0 Å². The van der Waals surface area contributed by atoms with Crippen LogP contribution in [-0.2, 0) is 12.8 Å². The van der Waals surface area contributed by atoms with Gasteiger partial charge in [0.1, 0.15) is 0 Å². The van der Waals surface area contributed by atoms with Crippen molar-refractivity contribution in [1.82, 2.24) is 4.90 Å². The first-order valence-electron chi connectivity index (χ1n) is 5.53. The van der Waals surface area contributed by atoms with Crippen LogP contribution in [0.25, 0.3) is 0 Å². The molecule has 16 heavy (non-hydrogen) atoms. The van der Waals surface area contributed by atoms with Crippen LogP contribution in [0.15, 0.2) is 18.2 Å². The Morgan fingerprint density at radius 3 is 2.56 bits per heavy atom. The summed E-state index contributed by atoms with van der Waals surface area (Å²) in [5.74, 6) is 0. The van der Waals surface area contributed by atoms with Gasteiger partial charge < -0.3 is 5.73 Å². The van der Waals surface area contributed by atoms with Crippen molar-refractivity contribution in [2.24, 2.45) is 0 Å². The number of rotatable bonds is 2. The number of hydrogen-bond donors (Lipinski definition) is 1. The zero-order valence-electron chi connectivity index (χ0n) is 9.13. The van der Waals surface area contributed by atoms with Gasteiger partial charge in [0.15, 0.2) is 0 Å². The fourth-order valence-electron chi connectivity index (χ4n) is 2.17. The topological polar surface area (TPSA) is 29.3 Å². The second-order valence-corrected chi connectivity index (χ2v) is 4.22. The lowest BCUT2D eigenvalue weighted by Gasteiger charge is -2.18. The van der Waals surface area contributed by atoms with Crippen molar-refractivity contribution in [2.75, 3.05) is 25.4 Å². The van der Waals surface area contributed by atoms with Gasteiger partial charge >= 0.3 is 0 Å². The molecule has 0 fully saturated rings. The molecule has 1 aromatic rings. The third kappa shape index (κ3) is 2.70. The van der Waals surface area contributed by atoms with Crippen LogP contribution in [-0.4, -0.2) is 31.0 Å². The SMILES string of the molecule is Nc1ccc2c(c1)CCN(CC(F)F)CC2. The van der Waals surface area contributed by atoms with Gasteiger partial charge in [-0.3, -0.25) is 4.90 Å². The van der Waals surface area contributed by atoms with E-state index in [1.54, 1.807) is 0 Å². The van der Waals surface area contributed by atoms with E-state index in [0.29, 0.717) is 13.1 Å². The van der Waals surface area contributed by atoms with Gasteiger partial charge in [0.25, 0.3) is 6.43 Å². The molecule has 0 unspecified atom stereocenters. The molecule has 1 aliphatic rings. The van der Waals surface area contributed by atoms with Crippen molar-refractivity contribution >= 4 is 5.69 Å². The lowest BCUT2D eigenvalue weighted by molar-refractivity contribution is 0.0904. The summed E-state index contributed by atoms with van der Waals surface area (Å²) in [5, 5.41) is 0. The number of hydrogen-bond acceptors (Lipinski definition) is 2. The van der Waals surface area contributed by atoms with E-state index in [1.807, 2.05) is 23.1 Å². The lowest BCUT2D eigenvalue weighted by atomic mass is 10.0. The standard InChI is InChI=1S/C12H16F2N2/c13-12(14)8-16-5-3-9-1-2-11(15)7-10(9)4-6-16/h1-2,7,12H,3-6,8,15H2. The number of halogens is 2. The lowest BCUT2D eigenvalue weighted by Crippen LogP contribution is -2.31. The van der Waals surface area contributed by atoms with E-state index in [0.717, 1.165) is 18.5 Å². The van der Waals surface area contributed by atoms with Crippen LogP contribution in [0.1, 0.15) is 11.1 Å². The van der Waals surface area contributed by atoms with Gasteiger partial charge in [-0.25, -0.2) is 8.78 Å². The highest BCUT2D eigenvalue weighted by atomic mass is 19.3. The zero-order chi connectivity index (χ0) is 11.5. The molecule has 0 aliphatic carbocycles. The van der Waals surface area contributed by atoms with Gasteiger partial charge in [-0.2, -0.15) is 0 Å². The summed E-state index contributed by atoms with van der Waals surface area (Å²) in [4.78, 5) is 1.82. The molecule has 0 radical (unpaired) electrons. The number of fused-ring (bicyclic) bond motifs is 1. The number of alkyl halides is 2. The Morgan fingerprint density at radius 1 is 1.19 bits per heavy atom. The third-order valence-electron chi connectivity index (χ3n) is 3.02. The van der Waals surface area contributed by atoms with Crippen LogP contribution in [0, 0.1) is 0 Å². The minimum Gasteiger partial charge on any atom is -0.399 e. The van der Waals surface area contributed by atoms with Gasteiger partial charge in [-0.1, -0.05) is 6.07 Å². The predicted octanol–water partition coefficient (Wildman–Crippen LogP) is 1.93. The average Bonchev–Trinajstić information content (AvgIpc) is 2.40. The summed E-state index contributed by atoms with van der Waals surface area (Å²) >= 11 is 0. The molecule has 1 aromatic carbocycles. The van der Waals surface area contributed by atoms with Gasteiger partial charge in [-0.15, -0.1) is 0 Å². The van der Waals surface area contributed by atoms with Crippen molar-refractivity contribution in [1.29, 1.82) is 0 Å². The molecule has 2 N–H and O–H groups in total. The Balaban J connectivity index is 2.07. The van der Waals surface area contributed by atoms with E-state index in [2.05, 4.69) is 0 Å². The third-order valence-corrected chi connectivity index (χ3v) is 3.02. The van der Waals surface area contributed by atoms with Crippen molar-refractivity contribution in [3.05, 3.63) is 29.3 Å². The van der Waals surface area contributed by atoms with Crippen LogP contribution >= 0.6 is 0 Å². The minimum atomic E-state index is -2.24. The van der Waals surface area contributed by atoms with Gasteiger partial charge in [0.05, 0.1) is 6.54 Å². The summed E-state index contributed by atoms with van der Waals surface area (Å²) in [6, 6.07) is 5.85. The highest BCUT2D eigenvalue weighted by Crippen LogP contribution is 2.19. The molecule has 2 nitrogen and oxygen atoms in total. The summed E-state index contributed by atoms with van der Waals surface area (Å²) in [5.41, 5.74) is 8.91. The Hall–Kier alpha value is -1.16. The van der Waals surface area contributed by atoms with E-state index in [4.69, 9.17) is 5.73 Å². The van der Waals surface area contributed by atoms with Crippen LogP contribution in [0.4, 0.5) is 14.5 Å². The number of anilines is 1. The molecular formula is C12H16F2N2. The number of nitrogen functional groups attached to an aromatic ring is 1. The normalized spacial score (nSPS) is 17.2. The molecule has 0 saturated carbocycles. The largest absolute Gasteiger partial charge is 0.399 e. The van der Waals surface area contributed by atoms with E-state index in [1.165, 1.54) is 11.1 Å². The molecule has 2 rings (SSSR count). The summed E-state index contributed by atoms with van der Waals surface area (Å²) in [7, 11) is 0. The predicted molar refractivity (Wildman–Crippen MR) is 60.7 cm³/mol. The van der Waals surface area contributed by atoms with Gasteiger partial charge in [0.2, 0.25) is 0 Å². The Labute approximate surface area is 94.0 Å². The fraction of sp³-hybridized carbons (Fsp3) is 0.500. The zero-order valence-corrected chi connectivity index (χ0v) is 9.13. The van der Waals surface area contributed by atoms with Crippen molar-refractivity contribution in [3.8, 4) is 0 Å². The van der Waals surface area contributed by atoms with Crippen molar-refractivity contribution < 1.29 is 8.78 Å². The van der Waals surface area contributed by atoms with E-state index >= 15 is 0 Å². The molecule has 0 amide bonds. The van der Waals surface area contributed by atoms with Crippen LogP contribution in [0.2, 0.25) is 0 Å². The Kier molecular flexibility index (Phi) is 3.39. The molecule has 0 bridgehead atoms. The fourth-order valence-corrected chi connectivity index (χ4v) is 2.17. The average molecular weight is 226 g/mol. The first-order valence-corrected chi connectivity index (χ1v) is 5.53. The second-order valence-electron chi connectivity index (χ2n) is 4.22. The van der Waals surface area contributed by atoms with E-state index in [-0.39, 0.29) is 6.54 Å². The van der Waals surface area contributed by atoms with E-state index in [9.17, 15) is 8.78 Å². The van der Waals surface area contributed by atoms with Crippen LogP contribution in [0.5, 0.6) is 0 Å². The number of benzene rings is 1. The molecule has 88 valence electrons. The molecular weight excluding hydrogens is 210 g/mol. The molecule has 1 heterocycles. The van der Waals surface area contributed by atoms with Gasteiger partial charge in [-0.05, 0) is 36.1 Å². The maximum Gasteiger partial charge on any atom is 0.251 e. The molecule has 4 heteroatoms. The summed E-state index contributed by atoms with van der Waals surface area (Å²) in [6.07, 6.45) is -0.596. The molecule has 1 aliphatic heterocycles. The molecule has 0 spiro atoms. The number of nitrogens with zero attached hydrogens (tertiary/aromatic N) is 1.